The molecule has 0 spiro atoms. The van der Waals surface area contributed by atoms with Crippen LogP contribution in [-0.4, -0.2) is 40.2 Å². The number of hydrogen-bond acceptors (Lipinski definition) is 5. The molecule has 1 saturated carbocycles. The van der Waals surface area contributed by atoms with Crippen molar-refractivity contribution < 1.29 is 18.8 Å². The molecule has 1 aromatic heterocycles. The summed E-state index contributed by atoms with van der Waals surface area (Å²) in [6.07, 6.45) is 2.38. The molecule has 2 N–H and O–H groups in total. The summed E-state index contributed by atoms with van der Waals surface area (Å²) in [5.41, 5.74) is 3.02. The third-order valence-corrected chi connectivity index (χ3v) is 7.42. The monoisotopic (exact) mass is 556 g/mol. The summed E-state index contributed by atoms with van der Waals surface area (Å²) < 4.78 is 13.3. The zero-order valence-electron chi connectivity index (χ0n) is 21.8. The molecule has 0 saturated heterocycles. The van der Waals surface area contributed by atoms with Gasteiger partial charge < -0.3 is 15.5 Å². The van der Waals surface area contributed by atoms with Gasteiger partial charge in [-0.1, -0.05) is 60.7 Å². The molecule has 1 aliphatic carbocycles. The lowest BCUT2D eigenvalue weighted by atomic mass is 9.98. The summed E-state index contributed by atoms with van der Waals surface area (Å²) in [5.74, 6) is -1.28. The van der Waals surface area contributed by atoms with Crippen molar-refractivity contribution in [1.82, 2.24) is 15.2 Å². The van der Waals surface area contributed by atoms with Crippen LogP contribution in [0.25, 0.3) is 0 Å². The van der Waals surface area contributed by atoms with Gasteiger partial charge in [0.2, 0.25) is 11.8 Å². The van der Waals surface area contributed by atoms with Gasteiger partial charge >= 0.3 is 0 Å². The number of benzene rings is 3. The van der Waals surface area contributed by atoms with Crippen molar-refractivity contribution in [2.24, 2.45) is 0 Å². The number of rotatable bonds is 11. The molecule has 7 nitrogen and oxygen atoms in total. The highest BCUT2D eigenvalue weighted by atomic mass is 32.1. The summed E-state index contributed by atoms with van der Waals surface area (Å²) >= 11 is 1.23. The summed E-state index contributed by atoms with van der Waals surface area (Å²) in [4.78, 5) is 44.6. The van der Waals surface area contributed by atoms with Crippen LogP contribution in [-0.2, 0) is 22.4 Å². The number of aromatic nitrogens is 1. The molecule has 4 aromatic rings. The van der Waals surface area contributed by atoms with Gasteiger partial charge in [0.1, 0.15) is 12.4 Å². The van der Waals surface area contributed by atoms with Gasteiger partial charge in [0.15, 0.2) is 5.13 Å². The predicted octanol–water partition coefficient (Wildman–Crippen LogP) is 5.17. The van der Waals surface area contributed by atoms with E-state index in [1.165, 1.54) is 40.5 Å². The molecule has 40 heavy (non-hydrogen) atoms. The molecule has 1 unspecified atom stereocenters. The van der Waals surface area contributed by atoms with E-state index in [-0.39, 0.29) is 42.8 Å². The predicted molar refractivity (Wildman–Crippen MR) is 152 cm³/mol. The zero-order valence-corrected chi connectivity index (χ0v) is 22.6. The Kier molecular flexibility index (Phi) is 8.61. The van der Waals surface area contributed by atoms with E-state index in [2.05, 4.69) is 15.6 Å². The van der Waals surface area contributed by atoms with E-state index in [9.17, 15) is 18.8 Å². The summed E-state index contributed by atoms with van der Waals surface area (Å²) in [5, 5.41) is 7.98. The van der Waals surface area contributed by atoms with E-state index in [4.69, 9.17) is 0 Å². The first-order valence-corrected chi connectivity index (χ1v) is 14.0. The van der Waals surface area contributed by atoms with E-state index in [0.717, 1.165) is 24.0 Å². The Labute approximate surface area is 236 Å². The lowest BCUT2D eigenvalue weighted by molar-refractivity contribution is -0.121. The van der Waals surface area contributed by atoms with Gasteiger partial charge in [0, 0.05) is 17.0 Å². The summed E-state index contributed by atoms with van der Waals surface area (Å²) in [6.45, 7) is -0.130. The van der Waals surface area contributed by atoms with Crippen molar-refractivity contribution in [3.05, 3.63) is 119 Å². The number of anilines is 1. The summed E-state index contributed by atoms with van der Waals surface area (Å²) in [7, 11) is 0. The van der Waals surface area contributed by atoms with Crippen molar-refractivity contribution in [2.75, 3.05) is 11.9 Å². The van der Waals surface area contributed by atoms with Gasteiger partial charge in [-0.2, -0.15) is 0 Å². The number of halogens is 1. The molecule has 3 amide bonds. The van der Waals surface area contributed by atoms with Crippen LogP contribution in [0.2, 0.25) is 0 Å². The fourth-order valence-electron chi connectivity index (χ4n) is 4.47. The van der Waals surface area contributed by atoms with Gasteiger partial charge in [-0.15, -0.1) is 11.3 Å². The number of hydrogen-bond donors (Lipinski definition) is 2. The van der Waals surface area contributed by atoms with Gasteiger partial charge in [0.05, 0.1) is 18.2 Å². The second kappa shape index (κ2) is 12.7. The smallest absolute Gasteiger partial charge is 0.254 e. The molecule has 9 heteroatoms. The van der Waals surface area contributed by atoms with Crippen LogP contribution in [0.4, 0.5) is 9.52 Å². The molecular formula is C31H29FN4O3S. The van der Waals surface area contributed by atoms with Crippen LogP contribution >= 0.6 is 11.3 Å². The Morgan fingerprint density at radius 2 is 1.60 bits per heavy atom. The maximum Gasteiger partial charge on any atom is 0.254 e. The van der Waals surface area contributed by atoms with Gasteiger partial charge in [-0.3, -0.25) is 14.4 Å². The highest BCUT2D eigenvalue weighted by Gasteiger charge is 2.34. The Bertz CT molecular complexity index is 1460. The normalized spacial score (nSPS) is 13.3. The molecule has 5 rings (SSSR count). The van der Waals surface area contributed by atoms with Crippen molar-refractivity contribution in [3.63, 3.8) is 0 Å². The Morgan fingerprint density at radius 1 is 0.925 bits per heavy atom. The summed E-state index contributed by atoms with van der Waals surface area (Å²) in [6, 6.07) is 24.9. The van der Waals surface area contributed by atoms with Crippen LogP contribution in [0.3, 0.4) is 0 Å². The second-order valence-electron chi connectivity index (χ2n) is 9.76. The number of thiazole rings is 1. The molecule has 204 valence electrons. The van der Waals surface area contributed by atoms with Crippen LogP contribution in [0.5, 0.6) is 0 Å². The van der Waals surface area contributed by atoms with Gasteiger partial charge in [0.25, 0.3) is 5.91 Å². The van der Waals surface area contributed by atoms with E-state index in [1.807, 2.05) is 60.7 Å². The van der Waals surface area contributed by atoms with Crippen molar-refractivity contribution >= 4 is 34.2 Å². The first kappa shape index (κ1) is 27.2. The molecule has 1 heterocycles. The maximum atomic E-state index is 13.3. The van der Waals surface area contributed by atoms with Crippen molar-refractivity contribution in [3.8, 4) is 0 Å². The number of nitrogens with one attached hydrogen (secondary N) is 2. The van der Waals surface area contributed by atoms with Crippen molar-refractivity contribution in [2.45, 2.75) is 37.8 Å². The van der Waals surface area contributed by atoms with E-state index in [1.54, 1.807) is 5.38 Å². The fraction of sp³-hybridized carbons (Fsp3) is 0.226. The SMILES string of the molecule is O=C(CN(C(=O)c1ccc(F)cc1)C1CC1)Nc1nc(CC(=O)NC(Cc2ccccc2)c2ccccc2)cs1. The highest BCUT2D eigenvalue weighted by Crippen LogP contribution is 2.28. The van der Waals surface area contributed by atoms with Crippen molar-refractivity contribution in [1.29, 1.82) is 0 Å². The highest BCUT2D eigenvalue weighted by molar-refractivity contribution is 7.13. The quantitative estimate of drug-likeness (QED) is 0.267. The largest absolute Gasteiger partial charge is 0.349 e. The Balaban J connectivity index is 1.17. The van der Waals surface area contributed by atoms with Gasteiger partial charge in [-0.05, 0) is 54.7 Å². The topological polar surface area (TPSA) is 91.4 Å². The third kappa shape index (κ3) is 7.39. The first-order chi connectivity index (χ1) is 19.4. The van der Waals surface area contributed by atoms with Crippen LogP contribution in [0.15, 0.2) is 90.3 Å². The van der Waals surface area contributed by atoms with E-state index >= 15 is 0 Å². The lowest BCUT2D eigenvalue weighted by Crippen LogP contribution is -2.39. The molecule has 1 atom stereocenters. The molecule has 1 aliphatic rings. The average molecular weight is 557 g/mol. The minimum Gasteiger partial charge on any atom is -0.349 e. The number of nitrogens with zero attached hydrogens (tertiary/aromatic N) is 2. The van der Waals surface area contributed by atoms with Gasteiger partial charge in [-0.25, -0.2) is 9.37 Å². The molecule has 0 aliphatic heterocycles. The maximum absolute atomic E-state index is 13.3. The molecule has 0 bridgehead atoms. The zero-order chi connectivity index (χ0) is 27.9. The minimum atomic E-state index is -0.424. The number of amides is 3. The molecule has 1 fully saturated rings. The molecular weight excluding hydrogens is 527 g/mol. The lowest BCUT2D eigenvalue weighted by Gasteiger charge is -2.21. The molecule has 3 aromatic carbocycles. The second-order valence-corrected chi connectivity index (χ2v) is 10.6. The van der Waals surface area contributed by atoms with Crippen LogP contribution in [0.1, 0.15) is 46.1 Å². The minimum absolute atomic E-state index is 0.00713. The first-order valence-electron chi connectivity index (χ1n) is 13.1. The van der Waals surface area contributed by atoms with Crippen LogP contribution in [0, 0.1) is 5.82 Å². The van der Waals surface area contributed by atoms with E-state index < -0.39 is 5.82 Å². The fourth-order valence-corrected chi connectivity index (χ4v) is 5.19. The Morgan fingerprint density at radius 3 is 2.27 bits per heavy atom. The molecule has 0 radical (unpaired) electrons. The average Bonchev–Trinajstić information content (AvgIpc) is 3.72. The van der Waals surface area contributed by atoms with Crippen LogP contribution < -0.4 is 10.6 Å². The number of carbonyl (C=O) groups is 3. The van der Waals surface area contributed by atoms with E-state index in [0.29, 0.717) is 22.8 Å². The Hall–Kier alpha value is -4.37. The third-order valence-electron chi connectivity index (χ3n) is 6.61. The standard InChI is InChI=1S/C31H29FN4O3S/c32-24-13-11-23(12-14-24)30(39)36(26-15-16-26)19-29(38)35-31-33-25(20-40-31)18-28(37)34-27(22-9-5-2-6-10-22)17-21-7-3-1-4-8-21/h1-14,20,26-27H,15-19H2,(H,34,37)(H,33,35,38). The number of carbonyl (C=O) groups excluding carboxylic acids is 3.